The molecular weight excluding hydrogens is 425 g/mol. The van der Waals surface area contributed by atoms with Crippen LogP contribution in [0.2, 0.25) is 10.0 Å². The van der Waals surface area contributed by atoms with Crippen molar-refractivity contribution in [3.05, 3.63) is 96.0 Å². The predicted octanol–water partition coefficient (Wildman–Crippen LogP) is 7.11. The van der Waals surface area contributed by atoms with Crippen molar-refractivity contribution >= 4 is 23.2 Å². The highest BCUT2D eigenvalue weighted by Crippen LogP contribution is 2.23. The third-order valence-corrected chi connectivity index (χ3v) is 5.92. The molecule has 3 atom stereocenters. The second-order valence-electron chi connectivity index (χ2n) is 8.06. The van der Waals surface area contributed by atoms with Gasteiger partial charge in [-0.3, -0.25) is 0 Å². The zero-order chi connectivity index (χ0) is 23.1. The van der Waals surface area contributed by atoms with Crippen molar-refractivity contribution in [1.82, 2.24) is 0 Å². The lowest BCUT2D eigenvalue weighted by Crippen LogP contribution is -2.93. The summed E-state index contributed by atoms with van der Waals surface area (Å²) in [5.74, 6) is 1.19. The Balaban J connectivity index is 0.000000447. The van der Waals surface area contributed by atoms with E-state index in [-0.39, 0.29) is 0 Å². The molecule has 0 spiro atoms. The van der Waals surface area contributed by atoms with Crippen LogP contribution in [-0.4, -0.2) is 19.3 Å². The molecule has 1 aliphatic rings. The molecule has 0 bridgehead atoms. The van der Waals surface area contributed by atoms with Crippen LogP contribution in [-0.2, 0) is 4.74 Å². The summed E-state index contributed by atoms with van der Waals surface area (Å²) in [5, 5.41) is 4.10. The number of allylic oxidation sites excluding steroid dienone is 1. The Morgan fingerprint density at radius 2 is 1.58 bits per heavy atom. The summed E-state index contributed by atoms with van der Waals surface area (Å²) in [6, 6.07) is 18.8. The Morgan fingerprint density at radius 1 is 0.968 bits per heavy atom. The average molecular weight is 464 g/mol. The number of nitrogens with two attached hydrogens (primary N) is 1. The van der Waals surface area contributed by atoms with Crippen LogP contribution in [0.3, 0.4) is 0 Å². The summed E-state index contributed by atoms with van der Waals surface area (Å²) >= 11 is 11.6. The van der Waals surface area contributed by atoms with Crippen LogP contribution in [0, 0.1) is 11.8 Å². The molecule has 2 nitrogen and oxygen atoms in total. The first-order valence-electron chi connectivity index (χ1n) is 11.0. The number of rotatable bonds is 4. The molecule has 2 N–H and O–H groups in total. The van der Waals surface area contributed by atoms with Crippen LogP contribution in [0.5, 0.6) is 0 Å². The second-order valence-corrected chi connectivity index (χ2v) is 8.93. The van der Waals surface area contributed by atoms with E-state index >= 15 is 0 Å². The van der Waals surface area contributed by atoms with E-state index in [1.54, 1.807) is 0 Å². The summed E-state index contributed by atoms with van der Waals surface area (Å²) < 4.78 is 6.00. The number of ether oxygens (including phenoxy) is 1. The zero-order valence-corrected chi connectivity index (χ0v) is 20.5. The monoisotopic (exact) mass is 462 g/mol. The normalized spacial score (nSPS) is 21.3. The van der Waals surface area contributed by atoms with E-state index in [0.717, 1.165) is 29.7 Å². The second kappa shape index (κ2) is 16.1. The largest absolute Gasteiger partial charge is 0.375 e. The van der Waals surface area contributed by atoms with Crippen LogP contribution >= 0.6 is 23.2 Å². The van der Waals surface area contributed by atoms with Gasteiger partial charge in [-0.1, -0.05) is 73.5 Å². The van der Waals surface area contributed by atoms with Crippen LogP contribution in [0.25, 0.3) is 0 Å². The van der Waals surface area contributed by atoms with Gasteiger partial charge in [-0.15, -0.1) is 19.7 Å². The highest BCUT2D eigenvalue weighted by molar-refractivity contribution is 6.30. The van der Waals surface area contributed by atoms with Crippen molar-refractivity contribution < 1.29 is 10.1 Å². The Kier molecular flexibility index (Phi) is 14.3. The fourth-order valence-corrected chi connectivity index (χ4v) is 3.83. The van der Waals surface area contributed by atoms with Crippen LogP contribution in [0.4, 0.5) is 0 Å². The Bertz CT molecular complexity index is 718. The molecule has 2 aromatic rings. The van der Waals surface area contributed by atoms with Gasteiger partial charge in [0.05, 0.1) is 6.61 Å². The Labute approximate surface area is 199 Å². The molecule has 2 aromatic carbocycles. The molecule has 31 heavy (non-hydrogen) atoms. The minimum atomic E-state index is 0.485. The van der Waals surface area contributed by atoms with E-state index in [0.29, 0.717) is 23.9 Å². The maximum atomic E-state index is 6.04. The molecule has 0 aliphatic carbocycles. The fraction of sp³-hybridized carbons (Fsp3) is 0.407. The van der Waals surface area contributed by atoms with Gasteiger partial charge >= 0.3 is 0 Å². The van der Waals surface area contributed by atoms with Gasteiger partial charge in [0.2, 0.25) is 0 Å². The molecule has 0 amide bonds. The van der Waals surface area contributed by atoms with Crippen molar-refractivity contribution in [3.8, 4) is 0 Å². The molecule has 3 rings (SSSR count). The number of quaternary nitrogens is 1. The van der Waals surface area contributed by atoms with Gasteiger partial charge in [-0.25, -0.2) is 0 Å². The highest BCUT2D eigenvalue weighted by Gasteiger charge is 2.27. The summed E-state index contributed by atoms with van der Waals surface area (Å²) in [7, 11) is 0. The topological polar surface area (TPSA) is 25.8 Å². The smallest absolute Gasteiger partial charge is 0.112 e. The molecule has 4 heteroatoms. The molecule has 1 aliphatic heterocycles. The lowest BCUT2D eigenvalue weighted by molar-refractivity contribution is -0.735. The fourth-order valence-electron chi connectivity index (χ4n) is 3.56. The van der Waals surface area contributed by atoms with Gasteiger partial charge in [-0.05, 0) is 43.0 Å². The van der Waals surface area contributed by atoms with E-state index < -0.39 is 0 Å². The van der Waals surface area contributed by atoms with Gasteiger partial charge in [0.25, 0.3) is 0 Å². The van der Waals surface area contributed by atoms with Crippen LogP contribution in [0.1, 0.15) is 44.7 Å². The summed E-state index contributed by atoms with van der Waals surface area (Å²) in [5.41, 5.74) is 1.37. The Morgan fingerprint density at radius 3 is 2.10 bits per heavy atom. The molecule has 170 valence electrons. The third kappa shape index (κ3) is 11.0. The first-order valence-corrected chi connectivity index (χ1v) is 11.7. The van der Waals surface area contributed by atoms with Crippen LogP contribution < -0.4 is 5.32 Å². The molecule has 1 unspecified atom stereocenters. The lowest BCUT2D eigenvalue weighted by atomic mass is 9.93. The summed E-state index contributed by atoms with van der Waals surface area (Å²) in [4.78, 5) is 0. The van der Waals surface area contributed by atoms with Crippen molar-refractivity contribution in [2.45, 2.75) is 45.2 Å². The van der Waals surface area contributed by atoms with E-state index in [1.165, 1.54) is 18.4 Å². The van der Waals surface area contributed by atoms with Crippen molar-refractivity contribution in [2.75, 3.05) is 13.2 Å². The van der Waals surface area contributed by atoms with Crippen molar-refractivity contribution in [3.63, 3.8) is 0 Å². The number of hydrogen-bond donors (Lipinski definition) is 1. The maximum absolute atomic E-state index is 6.04. The number of halogens is 2. The van der Waals surface area contributed by atoms with Gasteiger partial charge in [0.1, 0.15) is 12.1 Å². The minimum absolute atomic E-state index is 0.485. The molecule has 1 saturated heterocycles. The summed E-state index contributed by atoms with van der Waals surface area (Å²) in [6.45, 7) is 16.1. The highest BCUT2D eigenvalue weighted by atomic mass is 35.5. The minimum Gasteiger partial charge on any atom is -0.375 e. The lowest BCUT2D eigenvalue weighted by Gasteiger charge is -2.24. The van der Waals surface area contributed by atoms with E-state index in [4.69, 9.17) is 27.9 Å². The molecular formula is C27H38Cl2NO+. The molecule has 1 heterocycles. The quantitative estimate of drug-likeness (QED) is 0.480. The van der Waals surface area contributed by atoms with E-state index in [9.17, 15) is 0 Å². The van der Waals surface area contributed by atoms with E-state index in [2.05, 4.69) is 51.0 Å². The maximum Gasteiger partial charge on any atom is 0.112 e. The third-order valence-electron chi connectivity index (χ3n) is 5.42. The van der Waals surface area contributed by atoms with Gasteiger partial charge in [0.15, 0.2) is 0 Å². The van der Waals surface area contributed by atoms with Crippen molar-refractivity contribution in [2.24, 2.45) is 11.8 Å². The standard InChI is InChI=1S/C19H28ClNO.C6H5Cl.C2H4/c1-4-5-15-6-11-18(16-7-9-17(20)10-8-16)21-19(14(2)3)13-22-12-15;7-6-4-2-1-3-5-6;1-2/h4,7-10,14-15,18-19,21H,1,5-6,11-13H2,2-3H3;1-5H;1-2H2/p+1/t15-,18-,19?;;/m0../s1. The number of benzene rings is 2. The summed E-state index contributed by atoms with van der Waals surface area (Å²) in [6.07, 6.45) is 5.42. The first-order chi connectivity index (χ1) is 15.0. The average Bonchev–Trinajstić information content (AvgIpc) is 2.88. The van der Waals surface area contributed by atoms with Crippen molar-refractivity contribution in [1.29, 1.82) is 0 Å². The van der Waals surface area contributed by atoms with E-state index in [1.807, 2.05) is 48.5 Å². The molecule has 0 aromatic heterocycles. The van der Waals surface area contributed by atoms with Crippen LogP contribution in [0.15, 0.2) is 80.4 Å². The molecule has 0 saturated carbocycles. The molecule has 1 fully saturated rings. The SMILES string of the molecule is C=C.C=CC[C@H]1CC[C@@H](c2ccc(Cl)cc2)[NH2+]C(C(C)C)COC1.Clc1ccccc1. The van der Waals surface area contributed by atoms with Gasteiger partial charge in [0, 0.05) is 34.6 Å². The molecule has 0 radical (unpaired) electrons. The van der Waals surface area contributed by atoms with Gasteiger partial charge in [-0.2, -0.15) is 0 Å². The predicted molar refractivity (Wildman–Crippen MR) is 136 cm³/mol. The Hall–Kier alpha value is -1.58. The zero-order valence-electron chi connectivity index (χ0n) is 19.0. The first kappa shape index (κ1) is 27.5. The van der Waals surface area contributed by atoms with Gasteiger partial charge < -0.3 is 10.1 Å². The number of hydrogen-bond acceptors (Lipinski definition) is 1.